The maximum atomic E-state index is 12.8. The predicted octanol–water partition coefficient (Wildman–Crippen LogP) is 4.17. The number of thiocarbonyl (C=S) groups is 1. The first kappa shape index (κ1) is 16.4. The Hall–Kier alpha value is -1.94. The summed E-state index contributed by atoms with van der Waals surface area (Å²) < 4.78 is 12.8. The molecule has 0 saturated carbocycles. The van der Waals surface area contributed by atoms with E-state index in [1.54, 1.807) is 12.1 Å². The Morgan fingerprint density at radius 2 is 1.77 bits per heavy atom. The largest absolute Gasteiger partial charge is 0.359 e. The van der Waals surface area contributed by atoms with Gasteiger partial charge in [0.15, 0.2) is 5.11 Å². The first-order valence-corrected chi connectivity index (χ1v) is 7.72. The van der Waals surface area contributed by atoms with Crippen molar-refractivity contribution >= 4 is 17.3 Å². The molecule has 2 rings (SSSR count). The lowest BCUT2D eigenvalue weighted by molar-refractivity contribution is 0.626. The third kappa shape index (κ3) is 4.53. The average molecular weight is 316 g/mol. The molecule has 1 unspecified atom stereocenters. The first-order chi connectivity index (χ1) is 10.5. The Morgan fingerprint density at radius 3 is 2.41 bits per heavy atom. The lowest BCUT2D eigenvalue weighted by Gasteiger charge is -2.18. The zero-order valence-electron chi connectivity index (χ0n) is 13.1. The number of halogens is 1. The molecule has 116 valence electrons. The summed E-state index contributed by atoms with van der Waals surface area (Å²) in [5.41, 5.74) is 4.75. The standard InChI is InChI=1S/C18H21FN2S/c1-12-4-7-16(10-13(12)2)14(3)21-18(22)20-11-15-5-8-17(19)9-6-15/h4-10,14H,11H2,1-3H3,(H2,20,21,22). The van der Waals surface area contributed by atoms with E-state index in [0.717, 1.165) is 5.56 Å². The van der Waals surface area contributed by atoms with Gasteiger partial charge in [-0.2, -0.15) is 0 Å². The summed E-state index contributed by atoms with van der Waals surface area (Å²) in [6, 6.07) is 12.9. The van der Waals surface area contributed by atoms with Crippen molar-refractivity contribution < 1.29 is 4.39 Å². The van der Waals surface area contributed by atoms with Crippen LogP contribution in [0.1, 0.15) is 35.2 Å². The molecule has 0 aliphatic heterocycles. The average Bonchev–Trinajstić information content (AvgIpc) is 2.49. The van der Waals surface area contributed by atoms with Crippen molar-refractivity contribution in [1.29, 1.82) is 0 Å². The van der Waals surface area contributed by atoms with Gasteiger partial charge in [0.2, 0.25) is 0 Å². The molecule has 1 atom stereocenters. The third-order valence-electron chi connectivity index (χ3n) is 3.74. The van der Waals surface area contributed by atoms with Crippen LogP contribution in [0, 0.1) is 19.7 Å². The van der Waals surface area contributed by atoms with Crippen molar-refractivity contribution in [3.8, 4) is 0 Å². The van der Waals surface area contributed by atoms with Crippen molar-refractivity contribution in [3.05, 3.63) is 70.5 Å². The summed E-state index contributed by atoms with van der Waals surface area (Å²) in [6.45, 7) is 6.87. The molecule has 0 aliphatic carbocycles. The van der Waals surface area contributed by atoms with E-state index in [1.165, 1.54) is 28.8 Å². The minimum absolute atomic E-state index is 0.132. The van der Waals surface area contributed by atoms with Gasteiger partial charge in [-0.05, 0) is 67.4 Å². The van der Waals surface area contributed by atoms with Gasteiger partial charge in [-0.25, -0.2) is 4.39 Å². The van der Waals surface area contributed by atoms with Gasteiger partial charge in [0.05, 0.1) is 6.04 Å². The van der Waals surface area contributed by atoms with Crippen LogP contribution in [0.5, 0.6) is 0 Å². The number of nitrogens with one attached hydrogen (secondary N) is 2. The molecule has 2 aromatic carbocycles. The smallest absolute Gasteiger partial charge is 0.167 e. The number of aryl methyl sites for hydroxylation is 2. The molecule has 0 aliphatic rings. The van der Waals surface area contributed by atoms with Crippen molar-refractivity contribution in [3.63, 3.8) is 0 Å². The van der Waals surface area contributed by atoms with Gasteiger partial charge in [0.25, 0.3) is 0 Å². The van der Waals surface area contributed by atoms with Crippen LogP contribution in [0.25, 0.3) is 0 Å². The molecule has 0 saturated heterocycles. The monoisotopic (exact) mass is 316 g/mol. The fourth-order valence-electron chi connectivity index (χ4n) is 2.15. The Bertz CT molecular complexity index is 653. The van der Waals surface area contributed by atoms with Gasteiger partial charge in [-0.15, -0.1) is 0 Å². The fraction of sp³-hybridized carbons (Fsp3) is 0.278. The Balaban J connectivity index is 1.88. The molecule has 0 bridgehead atoms. The summed E-state index contributed by atoms with van der Waals surface area (Å²) in [4.78, 5) is 0. The Labute approximate surface area is 136 Å². The van der Waals surface area contributed by atoms with Gasteiger partial charge < -0.3 is 10.6 Å². The van der Waals surface area contributed by atoms with Crippen LogP contribution in [0.15, 0.2) is 42.5 Å². The van der Waals surface area contributed by atoms with E-state index in [2.05, 4.69) is 49.6 Å². The second kappa shape index (κ2) is 7.36. The van der Waals surface area contributed by atoms with E-state index in [9.17, 15) is 4.39 Å². The lowest BCUT2D eigenvalue weighted by atomic mass is 10.0. The lowest BCUT2D eigenvalue weighted by Crippen LogP contribution is -2.36. The molecule has 22 heavy (non-hydrogen) atoms. The highest BCUT2D eigenvalue weighted by molar-refractivity contribution is 7.80. The Kier molecular flexibility index (Phi) is 5.50. The van der Waals surface area contributed by atoms with Crippen molar-refractivity contribution in [2.24, 2.45) is 0 Å². The fourth-order valence-corrected chi connectivity index (χ4v) is 2.40. The van der Waals surface area contributed by atoms with E-state index in [0.29, 0.717) is 11.7 Å². The highest BCUT2D eigenvalue weighted by atomic mass is 32.1. The highest BCUT2D eigenvalue weighted by Gasteiger charge is 2.07. The van der Waals surface area contributed by atoms with Crippen molar-refractivity contribution in [2.75, 3.05) is 0 Å². The second-order valence-corrected chi connectivity index (χ2v) is 5.93. The highest BCUT2D eigenvalue weighted by Crippen LogP contribution is 2.16. The number of benzene rings is 2. The van der Waals surface area contributed by atoms with Gasteiger partial charge in [-0.1, -0.05) is 30.3 Å². The van der Waals surface area contributed by atoms with Crippen LogP contribution in [-0.2, 0) is 6.54 Å². The number of rotatable bonds is 4. The topological polar surface area (TPSA) is 24.1 Å². The summed E-state index contributed by atoms with van der Waals surface area (Å²) in [7, 11) is 0. The zero-order chi connectivity index (χ0) is 16.1. The van der Waals surface area contributed by atoms with E-state index in [4.69, 9.17) is 12.2 Å². The van der Waals surface area contributed by atoms with Crippen molar-refractivity contribution in [1.82, 2.24) is 10.6 Å². The molecule has 0 spiro atoms. The van der Waals surface area contributed by atoms with Crippen LogP contribution in [-0.4, -0.2) is 5.11 Å². The van der Waals surface area contributed by atoms with E-state index < -0.39 is 0 Å². The first-order valence-electron chi connectivity index (χ1n) is 7.31. The summed E-state index contributed by atoms with van der Waals surface area (Å²) in [5, 5.41) is 7.01. The predicted molar refractivity (Wildman–Crippen MR) is 93.3 cm³/mol. The molecule has 0 aromatic heterocycles. The second-order valence-electron chi connectivity index (χ2n) is 5.52. The molecule has 0 amide bonds. The molecular weight excluding hydrogens is 295 g/mol. The molecule has 0 radical (unpaired) electrons. The number of hydrogen-bond acceptors (Lipinski definition) is 1. The normalized spacial score (nSPS) is 11.8. The molecular formula is C18H21FN2S. The summed E-state index contributed by atoms with van der Waals surface area (Å²) >= 11 is 5.32. The minimum Gasteiger partial charge on any atom is -0.359 e. The van der Waals surface area contributed by atoms with E-state index >= 15 is 0 Å². The van der Waals surface area contributed by atoms with Gasteiger partial charge in [0, 0.05) is 6.54 Å². The van der Waals surface area contributed by atoms with Crippen LogP contribution < -0.4 is 10.6 Å². The van der Waals surface area contributed by atoms with E-state index in [-0.39, 0.29) is 11.9 Å². The molecule has 0 heterocycles. The quantitative estimate of drug-likeness (QED) is 0.828. The maximum absolute atomic E-state index is 12.8. The van der Waals surface area contributed by atoms with Crippen LogP contribution >= 0.6 is 12.2 Å². The van der Waals surface area contributed by atoms with E-state index in [1.807, 2.05) is 0 Å². The molecule has 2 N–H and O–H groups in total. The van der Waals surface area contributed by atoms with Gasteiger partial charge in [-0.3, -0.25) is 0 Å². The summed E-state index contributed by atoms with van der Waals surface area (Å²) in [5.74, 6) is -0.229. The molecule has 4 heteroatoms. The maximum Gasteiger partial charge on any atom is 0.167 e. The van der Waals surface area contributed by atoms with Gasteiger partial charge in [0.1, 0.15) is 5.82 Å². The molecule has 2 nitrogen and oxygen atoms in total. The third-order valence-corrected chi connectivity index (χ3v) is 4.01. The Morgan fingerprint density at radius 1 is 1.09 bits per heavy atom. The van der Waals surface area contributed by atoms with Crippen LogP contribution in [0.2, 0.25) is 0 Å². The SMILES string of the molecule is Cc1ccc(C(C)NC(=S)NCc2ccc(F)cc2)cc1C. The molecule has 2 aromatic rings. The van der Waals surface area contributed by atoms with Crippen molar-refractivity contribution in [2.45, 2.75) is 33.4 Å². The zero-order valence-corrected chi connectivity index (χ0v) is 13.9. The summed E-state index contributed by atoms with van der Waals surface area (Å²) in [6.07, 6.45) is 0. The minimum atomic E-state index is -0.229. The van der Waals surface area contributed by atoms with Crippen LogP contribution in [0.4, 0.5) is 4.39 Å². The van der Waals surface area contributed by atoms with Gasteiger partial charge >= 0.3 is 0 Å². The number of hydrogen-bond donors (Lipinski definition) is 2. The molecule has 0 fully saturated rings. The van der Waals surface area contributed by atoms with Crippen LogP contribution in [0.3, 0.4) is 0 Å².